The van der Waals surface area contributed by atoms with Gasteiger partial charge < -0.3 is 9.30 Å². The zero-order valence-corrected chi connectivity index (χ0v) is 20.6. The first-order valence-corrected chi connectivity index (χ1v) is 12.1. The number of aryl methyl sites for hydroxylation is 1. The number of fused-ring (bicyclic) bond motifs is 1. The van der Waals surface area contributed by atoms with Crippen molar-refractivity contribution in [2.24, 2.45) is 0 Å². The Morgan fingerprint density at radius 1 is 1.05 bits per heavy atom. The lowest BCUT2D eigenvalue weighted by Crippen LogP contribution is -2.16. The Morgan fingerprint density at radius 2 is 1.84 bits per heavy atom. The SMILES string of the molecule is CCCCc1nc2c(OCC(C)=O)n[nH]c(=O)c2n1Cc1ccc(-c2ccccc2-c2nn[nH]n2)cc1. The van der Waals surface area contributed by atoms with E-state index in [1.165, 1.54) is 6.92 Å². The summed E-state index contributed by atoms with van der Waals surface area (Å²) < 4.78 is 7.45. The maximum atomic E-state index is 12.8. The molecule has 5 aromatic rings. The van der Waals surface area contributed by atoms with Gasteiger partial charge in [-0.15, -0.1) is 15.3 Å². The summed E-state index contributed by atoms with van der Waals surface area (Å²) in [6, 6.07) is 16.0. The van der Waals surface area contributed by atoms with E-state index in [-0.39, 0.29) is 23.8 Å². The van der Waals surface area contributed by atoms with Crippen LogP contribution < -0.4 is 10.3 Å². The summed E-state index contributed by atoms with van der Waals surface area (Å²) >= 11 is 0. The van der Waals surface area contributed by atoms with E-state index in [9.17, 15) is 9.59 Å². The highest BCUT2D eigenvalue weighted by molar-refractivity contribution is 5.82. The van der Waals surface area contributed by atoms with Crippen molar-refractivity contribution in [2.45, 2.75) is 39.7 Å². The van der Waals surface area contributed by atoms with Crippen LogP contribution in [-0.4, -0.2) is 52.8 Å². The van der Waals surface area contributed by atoms with E-state index in [1.807, 2.05) is 53.1 Å². The average Bonchev–Trinajstić information content (AvgIpc) is 3.57. The number of benzene rings is 2. The van der Waals surface area contributed by atoms with Crippen LogP contribution in [0.4, 0.5) is 0 Å². The summed E-state index contributed by atoms with van der Waals surface area (Å²) in [6.07, 6.45) is 2.61. The average molecular weight is 499 g/mol. The molecule has 0 atom stereocenters. The highest BCUT2D eigenvalue weighted by atomic mass is 16.5. The van der Waals surface area contributed by atoms with Gasteiger partial charge in [0.15, 0.2) is 11.3 Å². The number of Topliss-reactive ketones (excluding diaryl/α,β-unsaturated/α-hetero) is 1. The van der Waals surface area contributed by atoms with E-state index < -0.39 is 0 Å². The third kappa shape index (κ3) is 5.01. The Bertz CT molecular complexity index is 1590. The van der Waals surface area contributed by atoms with Gasteiger partial charge in [-0.2, -0.15) is 5.21 Å². The predicted molar refractivity (Wildman–Crippen MR) is 137 cm³/mol. The largest absolute Gasteiger partial charge is 0.467 e. The smallest absolute Gasteiger partial charge is 0.290 e. The molecule has 0 saturated heterocycles. The molecule has 0 aliphatic carbocycles. The van der Waals surface area contributed by atoms with Crippen LogP contribution in [0.15, 0.2) is 53.3 Å². The Labute approximate surface area is 211 Å². The molecule has 37 heavy (non-hydrogen) atoms. The van der Waals surface area contributed by atoms with Gasteiger partial charge in [0.2, 0.25) is 5.82 Å². The molecule has 0 saturated carbocycles. The number of rotatable bonds is 10. The van der Waals surface area contributed by atoms with Gasteiger partial charge in [-0.1, -0.05) is 61.9 Å². The number of tetrazole rings is 1. The molecule has 5 rings (SSSR count). The van der Waals surface area contributed by atoms with Crippen LogP contribution in [0.5, 0.6) is 5.88 Å². The predicted octanol–water partition coefficient (Wildman–Crippen LogP) is 3.33. The van der Waals surface area contributed by atoms with Gasteiger partial charge in [0.1, 0.15) is 17.9 Å². The summed E-state index contributed by atoms with van der Waals surface area (Å²) in [5, 5.41) is 20.9. The fourth-order valence-electron chi connectivity index (χ4n) is 4.23. The molecule has 0 amide bonds. The minimum Gasteiger partial charge on any atom is -0.467 e. The second-order valence-corrected chi connectivity index (χ2v) is 8.74. The van der Waals surface area contributed by atoms with E-state index >= 15 is 0 Å². The van der Waals surface area contributed by atoms with Gasteiger partial charge in [-0.05, 0) is 35.2 Å². The number of aromatic nitrogens is 8. The zero-order valence-electron chi connectivity index (χ0n) is 20.6. The van der Waals surface area contributed by atoms with E-state index in [0.29, 0.717) is 29.8 Å². The summed E-state index contributed by atoms with van der Waals surface area (Å²) in [5.74, 6) is 1.30. The standard InChI is InChI=1S/C26H26N8O3/c1-3-4-9-21-27-22-23(25(36)30-31-26(22)37-15-16(2)35)34(21)14-17-10-12-18(13-11-17)19-7-5-6-8-20(19)24-28-32-33-29-24/h5-8,10-13H,3-4,9,14-15H2,1-2H3,(H,30,36)(H,28,29,32,33). The maximum Gasteiger partial charge on any atom is 0.290 e. The maximum absolute atomic E-state index is 12.8. The second-order valence-electron chi connectivity index (χ2n) is 8.74. The summed E-state index contributed by atoms with van der Waals surface area (Å²) in [6.45, 7) is 3.84. The Morgan fingerprint density at radius 3 is 2.54 bits per heavy atom. The Kier molecular flexibility index (Phi) is 6.84. The van der Waals surface area contributed by atoms with Crippen LogP contribution in [0, 0.1) is 0 Å². The van der Waals surface area contributed by atoms with Crippen LogP contribution >= 0.6 is 0 Å². The van der Waals surface area contributed by atoms with Crippen LogP contribution in [0.2, 0.25) is 0 Å². The number of aromatic amines is 2. The molecule has 0 aliphatic rings. The highest BCUT2D eigenvalue weighted by Gasteiger charge is 2.20. The van der Waals surface area contributed by atoms with Crippen molar-refractivity contribution in [3.63, 3.8) is 0 Å². The summed E-state index contributed by atoms with van der Waals surface area (Å²) in [7, 11) is 0. The van der Waals surface area contributed by atoms with Gasteiger partial charge in [0.25, 0.3) is 11.4 Å². The van der Waals surface area contributed by atoms with Crippen molar-refractivity contribution in [3.8, 4) is 28.4 Å². The van der Waals surface area contributed by atoms with Crippen molar-refractivity contribution in [2.75, 3.05) is 6.61 Å². The van der Waals surface area contributed by atoms with Crippen molar-refractivity contribution in [1.82, 2.24) is 40.4 Å². The van der Waals surface area contributed by atoms with Crippen LogP contribution in [0.3, 0.4) is 0 Å². The first-order valence-electron chi connectivity index (χ1n) is 12.1. The molecule has 11 heteroatoms. The van der Waals surface area contributed by atoms with E-state index in [0.717, 1.165) is 40.9 Å². The first kappa shape index (κ1) is 24.0. The number of imidazole rings is 1. The fourth-order valence-corrected chi connectivity index (χ4v) is 4.23. The lowest BCUT2D eigenvalue weighted by atomic mass is 9.98. The Balaban J connectivity index is 1.51. The molecule has 0 aliphatic heterocycles. The number of hydrogen-bond acceptors (Lipinski definition) is 8. The molecule has 188 valence electrons. The topological polar surface area (TPSA) is 144 Å². The monoisotopic (exact) mass is 498 g/mol. The second kappa shape index (κ2) is 10.5. The van der Waals surface area contributed by atoms with Crippen LogP contribution in [0.25, 0.3) is 33.5 Å². The number of nitrogens with one attached hydrogen (secondary N) is 2. The number of unbranched alkanes of at least 4 members (excludes halogenated alkanes) is 1. The molecule has 3 aromatic heterocycles. The summed E-state index contributed by atoms with van der Waals surface area (Å²) in [4.78, 5) is 29.0. The Hall–Kier alpha value is -4.67. The van der Waals surface area contributed by atoms with Gasteiger partial charge in [0.05, 0.1) is 0 Å². The number of ketones is 1. The number of carbonyl (C=O) groups is 1. The molecule has 0 fully saturated rings. The minimum atomic E-state index is -0.355. The molecule has 0 unspecified atom stereocenters. The molecule has 0 bridgehead atoms. The molecule has 3 heterocycles. The van der Waals surface area contributed by atoms with E-state index in [2.05, 4.69) is 37.7 Å². The number of ether oxygens (including phenoxy) is 1. The molecule has 2 aromatic carbocycles. The third-order valence-electron chi connectivity index (χ3n) is 6.01. The van der Waals surface area contributed by atoms with Crippen LogP contribution in [-0.2, 0) is 17.8 Å². The van der Waals surface area contributed by atoms with Gasteiger partial charge >= 0.3 is 0 Å². The minimum absolute atomic E-state index is 0.141. The number of carbonyl (C=O) groups excluding carboxylic acids is 1. The highest BCUT2D eigenvalue weighted by Crippen LogP contribution is 2.30. The van der Waals surface area contributed by atoms with Crippen molar-refractivity contribution < 1.29 is 9.53 Å². The molecule has 0 spiro atoms. The van der Waals surface area contributed by atoms with Gasteiger partial charge in [-0.25, -0.2) is 10.1 Å². The summed E-state index contributed by atoms with van der Waals surface area (Å²) in [5.41, 5.74) is 4.26. The molecule has 2 N–H and O–H groups in total. The number of H-pyrrole nitrogens is 2. The van der Waals surface area contributed by atoms with Crippen molar-refractivity contribution in [3.05, 3.63) is 70.3 Å². The van der Waals surface area contributed by atoms with Crippen molar-refractivity contribution >= 4 is 16.8 Å². The molecule has 11 nitrogen and oxygen atoms in total. The number of hydrogen-bond donors (Lipinski definition) is 2. The van der Waals surface area contributed by atoms with Gasteiger partial charge in [-0.3, -0.25) is 9.59 Å². The first-order chi connectivity index (χ1) is 18.0. The normalized spacial score (nSPS) is 11.2. The van der Waals surface area contributed by atoms with Crippen molar-refractivity contribution in [1.29, 1.82) is 0 Å². The van der Waals surface area contributed by atoms with E-state index in [1.54, 1.807) is 0 Å². The lowest BCUT2D eigenvalue weighted by Gasteiger charge is -2.11. The van der Waals surface area contributed by atoms with Crippen LogP contribution in [0.1, 0.15) is 38.1 Å². The molecular formula is C26H26N8O3. The fraction of sp³-hybridized carbons (Fsp3) is 0.269. The lowest BCUT2D eigenvalue weighted by molar-refractivity contribution is -0.118. The molecular weight excluding hydrogens is 472 g/mol. The van der Waals surface area contributed by atoms with E-state index in [4.69, 9.17) is 9.72 Å². The quantitative estimate of drug-likeness (QED) is 0.298. The number of nitrogens with zero attached hydrogens (tertiary/aromatic N) is 6. The zero-order chi connectivity index (χ0) is 25.8. The third-order valence-corrected chi connectivity index (χ3v) is 6.01. The van der Waals surface area contributed by atoms with Gasteiger partial charge in [0, 0.05) is 18.5 Å². The molecule has 0 radical (unpaired) electrons.